The van der Waals surface area contributed by atoms with E-state index in [1.165, 1.54) is 24.4 Å². The number of ether oxygens (including phenoxy) is 1. The summed E-state index contributed by atoms with van der Waals surface area (Å²) in [7, 11) is 0. The van der Waals surface area contributed by atoms with Gasteiger partial charge in [0.1, 0.15) is 11.6 Å². The Morgan fingerprint density at radius 1 is 1.38 bits per heavy atom. The van der Waals surface area contributed by atoms with Gasteiger partial charge in [-0.15, -0.1) is 0 Å². The highest BCUT2D eigenvalue weighted by Gasteiger charge is 2.07. The number of nitrogens with zero attached hydrogens (tertiary/aromatic N) is 1. The molecule has 126 valence electrons. The smallest absolute Gasteiger partial charge is 0.271 e. The lowest BCUT2D eigenvalue weighted by atomic mass is 10.2. The first kappa shape index (κ1) is 17.9. The summed E-state index contributed by atoms with van der Waals surface area (Å²) < 4.78 is 18.7. The first-order valence-electron chi connectivity index (χ1n) is 7.54. The molecule has 6 heteroatoms. The third kappa shape index (κ3) is 5.06. The van der Waals surface area contributed by atoms with Crippen LogP contribution in [0.25, 0.3) is 0 Å². The van der Waals surface area contributed by atoms with Crippen LogP contribution in [-0.2, 0) is 0 Å². The number of rotatable bonds is 6. The fourth-order valence-corrected chi connectivity index (χ4v) is 2.09. The Hall–Kier alpha value is -2.40. The molecule has 0 spiro atoms. The van der Waals surface area contributed by atoms with Crippen molar-refractivity contribution in [3.8, 4) is 5.75 Å². The van der Waals surface area contributed by atoms with Gasteiger partial charge in [-0.2, -0.15) is 5.10 Å². The lowest BCUT2D eigenvalue weighted by Gasteiger charge is -2.13. The highest BCUT2D eigenvalue weighted by atomic mass is 35.5. The van der Waals surface area contributed by atoms with Crippen LogP contribution in [0, 0.1) is 5.82 Å². The Labute approximate surface area is 145 Å². The molecule has 0 bridgehead atoms. The van der Waals surface area contributed by atoms with Crippen molar-refractivity contribution >= 4 is 23.7 Å². The van der Waals surface area contributed by atoms with Crippen molar-refractivity contribution < 1.29 is 13.9 Å². The van der Waals surface area contributed by atoms with Gasteiger partial charge in [-0.1, -0.05) is 24.6 Å². The minimum Gasteiger partial charge on any atom is -0.489 e. The maximum atomic E-state index is 13.1. The van der Waals surface area contributed by atoms with Crippen LogP contribution in [0.5, 0.6) is 5.75 Å². The second kappa shape index (κ2) is 8.45. The number of hydrazone groups is 1. The van der Waals surface area contributed by atoms with Crippen LogP contribution in [0.3, 0.4) is 0 Å². The first-order valence-corrected chi connectivity index (χ1v) is 7.92. The van der Waals surface area contributed by atoms with Gasteiger partial charge < -0.3 is 4.74 Å². The average Bonchev–Trinajstić information content (AvgIpc) is 2.57. The summed E-state index contributed by atoms with van der Waals surface area (Å²) >= 11 is 6.17. The van der Waals surface area contributed by atoms with Crippen molar-refractivity contribution in [3.05, 3.63) is 64.4 Å². The summed E-state index contributed by atoms with van der Waals surface area (Å²) in [5.74, 6) is -0.365. The maximum absolute atomic E-state index is 13.1. The summed E-state index contributed by atoms with van der Waals surface area (Å²) in [5, 5.41) is 4.32. The van der Waals surface area contributed by atoms with E-state index in [4.69, 9.17) is 16.3 Å². The van der Waals surface area contributed by atoms with Gasteiger partial charge in [0.25, 0.3) is 5.91 Å². The number of benzene rings is 2. The van der Waals surface area contributed by atoms with E-state index in [1.807, 2.05) is 13.8 Å². The van der Waals surface area contributed by atoms with E-state index in [0.717, 1.165) is 12.5 Å². The molecular formula is C18H18ClFN2O2. The van der Waals surface area contributed by atoms with Gasteiger partial charge >= 0.3 is 0 Å². The van der Waals surface area contributed by atoms with Crippen molar-refractivity contribution in [2.45, 2.75) is 26.4 Å². The maximum Gasteiger partial charge on any atom is 0.271 e. The van der Waals surface area contributed by atoms with Crippen LogP contribution in [0.1, 0.15) is 36.2 Å². The number of hydrogen-bond acceptors (Lipinski definition) is 3. The zero-order valence-electron chi connectivity index (χ0n) is 13.4. The Morgan fingerprint density at radius 3 is 2.83 bits per heavy atom. The van der Waals surface area contributed by atoms with E-state index in [-0.39, 0.29) is 11.7 Å². The quantitative estimate of drug-likeness (QED) is 0.620. The lowest BCUT2D eigenvalue weighted by Crippen LogP contribution is -2.17. The van der Waals surface area contributed by atoms with E-state index < -0.39 is 11.7 Å². The summed E-state index contributed by atoms with van der Waals surface area (Å²) in [6, 6.07) is 10.6. The molecule has 1 atom stereocenters. The van der Waals surface area contributed by atoms with Crippen molar-refractivity contribution in [1.29, 1.82) is 0 Å². The normalized spacial score (nSPS) is 12.2. The van der Waals surface area contributed by atoms with Gasteiger partial charge in [0.2, 0.25) is 0 Å². The fourth-order valence-electron chi connectivity index (χ4n) is 1.85. The summed E-state index contributed by atoms with van der Waals surface area (Å²) in [4.78, 5) is 11.8. The van der Waals surface area contributed by atoms with Crippen molar-refractivity contribution in [2.75, 3.05) is 0 Å². The lowest BCUT2D eigenvalue weighted by molar-refractivity contribution is 0.0954. The van der Waals surface area contributed by atoms with Crippen molar-refractivity contribution in [3.63, 3.8) is 0 Å². The number of carbonyl (C=O) groups excluding carboxylic acids is 1. The Balaban J connectivity index is 1.99. The van der Waals surface area contributed by atoms with Crippen LogP contribution in [0.2, 0.25) is 5.02 Å². The molecule has 1 N–H and O–H groups in total. The Morgan fingerprint density at radius 2 is 2.17 bits per heavy atom. The molecule has 24 heavy (non-hydrogen) atoms. The summed E-state index contributed by atoms with van der Waals surface area (Å²) in [5.41, 5.74) is 3.24. The third-order valence-corrected chi connectivity index (χ3v) is 3.62. The molecule has 0 aliphatic heterocycles. The van der Waals surface area contributed by atoms with Gasteiger partial charge in [0, 0.05) is 5.56 Å². The van der Waals surface area contributed by atoms with Gasteiger partial charge in [0.05, 0.1) is 17.3 Å². The molecule has 2 rings (SSSR count). The molecule has 0 radical (unpaired) electrons. The Bertz CT molecular complexity index is 750. The van der Waals surface area contributed by atoms with Crippen LogP contribution in [0.4, 0.5) is 4.39 Å². The van der Waals surface area contributed by atoms with Gasteiger partial charge in [0.15, 0.2) is 0 Å². The molecule has 0 unspecified atom stereocenters. The van der Waals surface area contributed by atoms with Crippen LogP contribution < -0.4 is 10.2 Å². The van der Waals surface area contributed by atoms with E-state index in [2.05, 4.69) is 10.5 Å². The van der Waals surface area contributed by atoms with E-state index >= 15 is 0 Å². The molecule has 0 aliphatic rings. The molecule has 1 amide bonds. The number of amides is 1. The summed E-state index contributed by atoms with van der Waals surface area (Å²) in [6.07, 6.45) is 2.41. The van der Waals surface area contributed by atoms with Crippen molar-refractivity contribution in [2.24, 2.45) is 5.10 Å². The van der Waals surface area contributed by atoms with Gasteiger partial charge in [-0.3, -0.25) is 4.79 Å². The minimum absolute atomic E-state index is 0.0765. The highest BCUT2D eigenvalue weighted by molar-refractivity contribution is 6.32. The van der Waals surface area contributed by atoms with Gasteiger partial charge in [-0.25, -0.2) is 9.82 Å². The SMILES string of the molecule is CC[C@@H](C)Oc1ccc(/C=N\NC(=O)c2cccc(F)c2)cc1Cl. The molecule has 4 nitrogen and oxygen atoms in total. The molecular weight excluding hydrogens is 331 g/mol. The minimum atomic E-state index is -0.492. The van der Waals surface area contributed by atoms with E-state index in [9.17, 15) is 9.18 Å². The van der Waals surface area contributed by atoms with Gasteiger partial charge in [-0.05, 0) is 55.3 Å². The molecule has 2 aromatic rings. The topological polar surface area (TPSA) is 50.7 Å². The fraction of sp³-hybridized carbons (Fsp3) is 0.222. The number of nitrogens with one attached hydrogen (secondary N) is 1. The number of halogens is 2. The summed E-state index contributed by atoms with van der Waals surface area (Å²) in [6.45, 7) is 3.99. The van der Waals surface area contributed by atoms with Crippen molar-refractivity contribution in [1.82, 2.24) is 5.43 Å². The predicted octanol–water partition coefficient (Wildman–Crippen LogP) is 4.42. The highest BCUT2D eigenvalue weighted by Crippen LogP contribution is 2.26. The molecule has 0 aliphatic carbocycles. The molecule has 0 aromatic heterocycles. The number of hydrogen-bond donors (Lipinski definition) is 1. The molecule has 0 saturated heterocycles. The zero-order chi connectivity index (χ0) is 17.5. The molecule has 2 aromatic carbocycles. The van der Waals surface area contributed by atoms with Crippen LogP contribution in [0.15, 0.2) is 47.6 Å². The Kier molecular flexibility index (Phi) is 6.32. The van der Waals surface area contributed by atoms with E-state index in [1.54, 1.807) is 18.2 Å². The second-order valence-corrected chi connectivity index (χ2v) is 5.64. The zero-order valence-corrected chi connectivity index (χ0v) is 14.2. The van der Waals surface area contributed by atoms with E-state index in [0.29, 0.717) is 16.3 Å². The molecule has 0 heterocycles. The van der Waals surface area contributed by atoms with Crippen LogP contribution in [-0.4, -0.2) is 18.2 Å². The standard InChI is InChI=1S/C18H18ClFN2O2/c1-3-12(2)24-17-8-7-13(9-16(17)19)11-21-22-18(23)14-5-4-6-15(20)10-14/h4-12H,3H2,1-2H3,(H,22,23)/b21-11-/t12-/m1/s1. The molecule has 0 fully saturated rings. The average molecular weight is 349 g/mol. The second-order valence-electron chi connectivity index (χ2n) is 5.24. The molecule has 0 saturated carbocycles. The first-order chi connectivity index (χ1) is 11.5. The monoisotopic (exact) mass is 348 g/mol. The third-order valence-electron chi connectivity index (χ3n) is 3.33. The predicted molar refractivity (Wildman–Crippen MR) is 93.3 cm³/mol. The number of carbonyl (C=O) groups is 1. The largest absolute Gasteiger partial charge is 0.489 e. The van der Waals surface area contributed by atoms with Crippen LogP contribution >= 0.6 is 11.6 Å².